The van der Waals surface area contributed by atoms with Crippen LogP contribution in [0.5, 0.6) is 0 Å². The molecule has 2 N–H and O–H groups in total. The molecule has 0 fully saturated rings. The van der Waals surface area contributed by atoms with E-state index in [0.717, 1.165) is 10.5 Å². The van der Waals surface area contributed by atoms with Crippen LogP contribution in [0.15, 0.2) is 71.6 Å². The Morgan fingerprint density at radius 3 is 2.38 bits per heavy atom. The topological polar surface area (TPSA) is 101 Å². The van der Waals surface area contributed by atoms with Crippen LogP contribution in [0.1, 0.15) is 28.4 Å². The summed E-state index contributed by atoms with van der Waals surface area (Å²) in [5.41, 5.74) is 3.27. The first-order chi connectivity index (χ1) is 15.2. The van der Waals surface area contributed by atoms with Gasteiger partial charge in [0.2, 0.25) is 5.91 Å². The van der Waals surface area contributed by atoms with Crippen LogP contribution in [0, 0.1) is 24.0 Å². The van der Waals surface area contributed by atoms with Gasteiger partial charge in [-0.15, -0.1) is 11.8 Å². The van der Waals surface area contributed by atoms with Gasteiger partial charge >= 0.3 is 0 Å². The summed E-state index contributed by atoms with van der Waals surface area (Å²) in [6.45, 7) is 5.37. The van der Waals surface area contributed by atoms with Gasteiger partial charge in [0.15, 0.2) is 0 Å². The third-order valence-corrected chi connectivity index (χ3v) is 5.94. The van der Waals surface area contributed by atoms with Crippen molar-refractivity contribution in [2.75, 3.05) is 10.6 Å². The minimum Gasteiger partial charge on any atom is -0.325 e. The highest BCUT2D eigenvalue weighted by molar-refractivity contribution is 8.00. The molecule has 3 rings (SSSR count). The quantitative estimate of drug-likeness (QED) is 0.278. The van der Waals surface area contributed by atoms with Gasteiger partial charge in [-0.3, -0.25) is 19.7 Å². The Balaban J connectivity index is 1.64. The number of nitrogens with zero attached hydrogens (tertiary/aromatic N) is 1. The van der Waals surface area contributed by atoms with Gasteiger partial charge in [0, 0.05) is 34.0 Å². The van der Waals surface area contributed by atoms with Gasteiger partial charge in [0.25, 0.3) is 11.6 Å². The number of carbonyl (C=O) groups is 2. The van der Waals surface area contributed by atoms with E-state index < -0.39 is 10.2 Å². The predicted molar refractivity (Wildman–Crippen MR) is 127 cm³/mol. The average molecular weight is 450 g/mol. The number of thioether (sulfide) groups is 1. The summed E-state index contributed by atoms with van der Waals surface area (Å²) in [6.07, 6.45) is 0. The Kier molecular flexibility index (Phi) is 7.27. The number of benzene rings is 3. The fourth-order valence-electron chi connectivity index (χ4n) is 3.07. The average Bonchev–Trinajstić information content (AvgIpc) is 2.75. The molecule has 0 saturated heterocycles. The fraction of sp³-hybridized carbons (Fsp3) is 0.167. The van der Waals surface area contributed by atoms with E-state index in [9.17, 15) is 19.7 Å². The Labute approximate surface area is 190 Å². The van der Waals surface area contributed by atoms with E-state index in [2.05, 4.69) is 10.6 Å². The molecule has 0 aliphatic carbocycles. The van der Waals surface area contributed by atoms with Gasteiger partial charge in [0.1, 0.15) is 0 Å². The summed E-state index contributed by atoms with van der Waals surface area (Å²) in [6, 6.07) is 19.0. The number of nitrogens with one attached hydrogen (secondary N) is 2. The largest absolute Gasteiger partial charge is 0.325 e. The van der Waals surface area contributed by atoms with E-state index in [4.69, 9.17) is 0 Å². The highest BCUT2D eigenvalue weighted by Crippen LogP contribution is 2.28. The first-order valence-corrected chi connectivity index (χ1v) is 10.8. The first-order valence-electron chi connectivity index (χ1n) is 9.94. The summed E-state index contributed by atoms with van der Waals surface area (Å²) in [4.78, 5) is 36.4. The van der Waals surface area contributed by atoms with E-state index in [-0.39, 0.29) is 17.5 Å². The second-order valence-electron chi connectivity index (χ2n) is 7.30. The van der Waals surface area contributed by atoms with Crippen molar-refractivity contribution in [2.45, 2.75) is 30.9 Å². The number of nitro benzene ring substituents is 1. The lowest BCUT2D eigenvalue weighted by atomic mass is 10.1. The zero-order valence-electron chi connectivity index (χ0n) is 17.9. The van der Waals surface area contributed by atoms with Gasteiger partial charge in [-0.2, -0.15) is 0 Å². The number of non-ortho nitro benzene ring substituents is 1. The number of carbonyl (C=O) groups excluding carboxylic acids is 2. The molecule has 0 aromatic heterocycles. The lowest BCUT2D eigenvalue weighted by Crippen LogP contribution is -2.22. The van der Waals surface area contributed by atoms with E-state index in [0.29, 0.717) is 22.5 Å². The molecular formula is C24H23N3O4S. The van der Waals surface area contributed by atoms with Crippen LogP contribution < -0.4 is 10.6 Å². The van der Waals surface area contributed by atoms with Gasteiger partial charge in [-0.05, 0) is 62.2 Å². The molecule has 0 aliphatic heterocycles. The van der Waals surface area contributed by atoms with E-state index >= 15 is 0 Å². The maximum Gasteiger partial charge on any atom is 0.269 e. The molecule has 0 bridgehead atoms. The summed E-state index contributed by atoms with van der Waals surface area (Å²) >= 11 is 1.35. The van der Waals surface area contributed by atoms with Crippen LogP contribution in [0.3, 0.4) is 0 Å². The number of rotatable bonds is 7. The number of anilines is 2. The second kappa shape index (κ2) is 10.1. The van der Waals surface area contributed by atoms with Crippen molar-refractivity contribution < 1.29 is 14.5 Å². The SMILES string of the molecule is Cc1cc([N+](=O)[O-])ccc1NC(=O)C(C)Sc1cccc(NC(=O)c2ccccc2C)c1. The number of hydrogen-bond acceptors (Lipinski definition) is 5. The zero-order chi connectivity index (χ0) is 23.3. The Hall–Kier alpha value is -3.65. The Morgan fingerprint density at radius 1 is 0.938 bits per heavy atom. The molecule has 0 saturated carbocycles. The summed E-state index contributed by atoms with van der Waals surface area (Å²) in [7, 11) is 0. The third kappa shape index (κ3) is 5.73. The lowest BCUT2D eigenvalue weighted by molar-refractivity contribution is -0.384. The van der Waals surface area contributed by atoms with Crippen molar-refractivity contribution in [3.05, 3.63) is 93.5 Å². The lowest BCUT2D eigenvalue weighted by Gasteiger charge is -2.14. The minimum atomic E-state index is -0.470. The van der Waals surface area contributed by atoms with Gasteiger partial charge in [-0.25, -0.2) is 0 Å². The van der Waals surface area contributed by atoms with E-state index in [1.165, 1.54) is 30.0 Å². The minimum absolute atomic E-state index is 0.0209. The molecule has 164 valence electrons. The van der Waals surface area contributed by atoms with Gasteiger partial charge < -0.3 is 10.6 Å². The van der Waals surface area contributed by atoms with Crippen LogP contribution in [0.4, 0.5) is 17.1 Å². The molecule has 0 aliphatic rings. The molecule has 0 spiro atoms. The van der Waals surface area contributed by atoms with Crippen molar-refractivity contribution >= 4 is 40.6 Å². The number of amides is 2. The van der Waals surface area contributed by atoms with Crippen molar-refractivity contribution in [1.29, 1.82) is 0 Å². The predicted octanol–water partition coefficient (Wildman–Crippen LogP) is 5.58. The first kappa shape index (κ1) is 23.0. The van der Waals surface area contributed by atoms with Crippen molar-refractivity contribution in [3.8, 4) is 0 Å². The normalized spacial score (nSPS) is 11.5. The van der Waals surface area contributed by atoms with E-state index in [1.54, 1.807) is 26.0 Å². The highest BCUT2D eigenvalue weighted by atomic mass is 32.2. The summed E-state index contributed by atoms with van der Waals surface area (Å²) < 4.78 is 0. The monoisotopic (exact) mass is 449 g/mol. The maximum atomic E-state index is 12.6. The van der Waals surface area contributed by atoms with Crippen molar-refractivity contribution in [2.24, 2.45) is 0 Å². The molecule has 0 heterocycles. The number of hydrogen-bond donors (Lipinski definition) is 2. The van der Waals surface area contributed by atoms with E-state index in [1.807, 2.05) is 43.3 Å². The number of aryl methyl sites for hydroxylation is 2. The molecule has 8 heteroatoms. The Bertz CT molecular complexity index is 1180. The van der Waals surface area contributed by atoms with Crippen LogP contribution in [0.25, 0.3) is 0 Å². The third-order valence-electron chi connectivity index (χ3n) is 4.84. The molecule has 2 amide bonds. The van der Waals surface area contributed by atoms with Crippen LogP contribution in [-0.2, 0) is 4.79 Å². The van der Waals surface area contributed by atoms with Crippen molar-refractivity contribution in [3.63, 3.8) is 0 Å². The number of nitro groups is 1. The standard InChI is InChI=1S/C24H23N3O4S/c1-15-7-4-5-10-21(15)24(29)25-18-8-6-9-20(14-18)32-17(3)23(28)26-22-12-11-19(27(30)31)13-16(22)2/h4-14,17H,1-3H3,(H,25,29)(H,26,28). The second-order valence-corrected chi connectivity index (χ2v) is 8.72. The molecule has 32 heavy (non-hydrogen) atoms. The zero-order valence-corrected chi connectivity index (χ0v) is 18.7. The fourth-order valence-corrected chi connectivity index (χ4v) is 3.99. The molecule has 3 aromatic rings. The van der Waals surface area contributed by atoms with Crippen LogP contribution in [-0.4, -0.2) is 22.0 Å². The maximum absolute atomic E-state index is 12.6. The van der Waals surface area contributed by atoms with Gasteiger partial charge in [0.05, 0.1) is 10.2 Å². The summed E-state index contributed by atoms with van der Waals surface area (Å²) in [5, 5.41) is 16.2. The summed E-state index contributed by atoms with van der Waals surface area (Å²) in [5.74, 6) is -0.411. The molecular weight excluding hydrogens is 426 g/mol. The van der Waals surface area contributed by atoms with Crippen LogP contribution in [0.2, 0.25) is 0 Å². The van der Waals surface area contributed by atoms with Crippen LogP contribution >= 0.6 is 11.8 Å². The van der Waals surface area contributed by atoms with Crippen molar-refractivity contribution in [1.82, 2.24) is 0 Å². The molecule has 3 aromatic carbocycles. The highest BCUT2D eigenvalue weighted by Gasteiger charge is 2.17. The molecule has 7 nitrogen and oxygen atoms in total. The molecule has 1 atom stereocenters. The van der Waals surface area contributed by atoms with Gasteiger partial charge in [-0.1, -0.05) is 24.3 Å². The smallest absolute Gasteiger partial charge is 0.269 e. The Morgan fingerprint density at radius 2 is 1.69 bits per heavy atom. The molecule has 1 unspecified atom stereocenters. The molecule has 0 radical (unpaired) electrons.